The second-order valence-corrected chi connectivity index (χ2v) is 7.58. The quantitative estimate of drug-likeness (QED) is 0.610. The summed E-state index contributed by atoms with van der Waals surface area (Å²) in [6.07, 6.45) is 0. The predicted octanol–water partition coefficient (Wildman–Crippen LogP) is 2.45. The molecule has 0 spiro atoms. The molecule has 2 aromatic carbocycles. The lowest BCUT2D eigenvalue weighted by atomic mass is 10.2. The second-order valence-electron chi connectivity index (χ2n) is 6.66. The van der Waals surface area contributed by atoms with Crippen molar-refractivity contribution in [3.63, 3.8) is 0 Å². The standard InChI is InChI=1S/C21H24BrN3O4/c1-24(2)18-10-4-15(5-11-18)13-25(3)19(26)14-29-20(27)12-23-21(28)16-6-8-17(22)9-7-16/h4-11H,12-14H2,1-3H3,(H,23,28). The molecule has 0 aliphatic carbocycles. The van der Waals surface area contributed by atoms with Crippen molar-refractivity contribution in [3.05, 3.63) is 64.1 Å². The molecule has 0 saturated carbocycles. The summed E-state index contributed by atoms with van der Waals surface area (Å²) in [5.74, 6) is -1.39. The smallest absolute Gasteiger partial charge is 0.325 e. The van der Waals surface area contributed by atoms with E-state index in [1.807, 2.05) is 43.3 Å². The summed E-state index contributed by atoms with van der Waals surface area (Å²) in [4.78, 5) is 39.4. The molecular formula is C21H24BrN3O4. The zero-order chi connectivity index (χ0) is 21.4. The summed E-state index contributed by atoms with van der Waals surface area (Å²) < 4.78 is 5.81. The molecule has 2 aromatic rings. The van der Waals surface area contributed by atoms with Gasteiger partial charge in [0.1, 0.15) is 6.54 Å². The van der Waals surface area contributed by atoms with Gasteiger partial charge in [0, 0.05) is 43.4 Å². The van der Waals surface area contributed by atoms with Crippen molar-refractivity contribution in [3.8, 4) is 0 Å². The average Bonchev–Trinajstić information content (AvgIpc) is 2.71. The number of ether oxygens (including phenoxy) is 1. The van der Waals surface area contributed by atoms with Crippen molar-refractivity contribution >= 4 is 39.4 Å². The van der Waals surface area contributed by atoms with E-state index in [9.17, 15) is 14.4 Å². The van der Waals surface area contributed by atoms with Gasteiger partial charge in [-0.1, -0.05) is 28.1 Å². The third-order valence-electron chi connectivity index (χ3n) is 4.15. The molecule has 0 unspecified atom stereocenters. The molecule has 0 aliphatic heterocycles. The van der Waals surface area contributed by atoms with Crippen LogP contribution in [0.3, 0.4) is 0 Å². The van der Waals surface area contributed by atoms with Gasteiger partial charge in [-0.25, -0.2) is 0 Å². The Labute approximate surface area is 178 Å². The van der Waals surface area contributed by atoms with Crippen LogP contribution in [0.15, 0.2) is 53.0 Å². The highest BCUT2D eigenvalue weighted by Gasteiger charge is 2.14. The third-order valence-corrected chi connectivity index (χ3v) is 4.68. The van der Waals surface area contributed by atoms with Crippen LogP contribution < -0.4 is 10.2 Å². The number of rotatable bonds is 8. The van der Waals surface area contributed by atoms with Crippen molar-refractivity contribution in [2.75, 3.05) is 39.2 Å². The number of carbonyl (C=O) groups is 3. The lowest BCUT2D eigenvalue weighted by molar-refractivity contribution is -0.150. The van der Waals surface area contributed by atoms with E-state index in [0.29, 0.717) is 12.1 Å². The van der Waals surface area contributed by atoms with Gasteiger partial charge >= 0.3 is 5.97 Å². The first-order valence-corrected chi connectivity index (χ1v) is 9.75. The minimum atomic E-state index is -0.674. The topological polar surface area (TPSA) is 79.0 Å². The van der Waals surface area contributed by atoms with E-state index in [4.69, 9.17) is 4.74 Å². The van der Waals surface area contributed by atoms with Gasteiger partial charge in [-0.15, -0.1) is 0 Å². The molecule has 2 rings (SSSR count). The molecule has 0 fully saturated rings. The third kappa shape index (κ3) is 7.23. The van der Waals surface area contributed by atoms with E-state index in [1.54, 1.807) is 31.3 Å². The number of halogens is 1. The fraction of sp³-hybridized carbons (Fsp3) is 0.286. The maximum absolute atomic E-state index is 12.2. The Kier molecular flexibility index (Phi) is 8.21. The summed E-state index contributed by atoms with van der Waals surface area (Å²) in [6, 6.07) is 14.6. The van der Waals surface area contributed by atoms with Crippen LogP contribution in [0.2, 0.25) is 0 Å². The van der Waals surface area contributed by atoms with Crippen LogP contribution >= 0.6 is 15.9 Å². The molecule has 2 amide bonds. The fourth-order valence-corrected chi connectivity index (χ4v) is 2.69. The van der Waals surface area contributed by atoms with Crippen LogP contribution in [0.4, 0.5) is 5.69 Å². The van der Waals surface area contributed by atoms with Crippen molar-refractivity contribution < 1.29 is 19.1 Å². The number of nitrogens with one attached hydrogen (secondary N) is 1. The molecule has 0 saturated heterocycles. The molecule has 1 N–H and O–H groups in total. The van der Waals surface area contributed by atoms with E-state index in [0.717, 1.165) is 15.7 Å². The van der Waals surface area contributed by atoms with Gasteiger partial charge in [0.2, 0.25) is 0 Å². The Bertz CT molecular complexity index is 851. The monoisotopic (exact) mass is 461 g/mol. The molecule has 0 radical (unpaired) electrons. The second kappa shape index (κ2) is 10.6. The molecule has 154 valence electrons. The number of carbonyl (C=O) groups excluding carboxylic acids is 3. The number of likely N-dealkylation sites (N-methyl/N-ethyl adjacent to an activating group) is 1. The molecule has 0 aromatic heterocycles. The maximum Gasteiger partial charge on any atom is 0.325 e. The van der Waals surface area contributed by atoms with Gasteiger partial charge in [0.05, 0.1) is 0 Å². The largest absolute Gasteiger partial charge is 0.454 e. The van der Waals surface area contributed by atoms with Crippen molar-refractivity contribution in [1.29, 1.82) is 0 Å². The molecular weight excluding hydrogens is 438 g/mol. The number of hydrogen-bond acceptors (Lipinski definition) is 5. The van der Waals surface area contributed by atoms with Gasteiger partial charge in [0.25, 0.3) is 11.8 Å². The summed E-state index contributed by atoms with van der Waals surface area (Å²) in [5.41, 5.74) is 2.47. The number of anilines is 1. The fourth-order valence-electron chi connectivity index (χ4n) is 2.42. The highest BCUT2D eigenvalue weighted by molar-refractivity contribution is 9.10. The number of esters is 1. The molecule has 0 heterocycles. The van der Waals surface area contributed by atoms with Crippen LogP contribution in [-0.2, 0) is 20.9 Å². The predicted molar refractivity (Wildman–Crippen MR) is 115 cm³/mol. The van der Waals surface area contributed by atoms with Crippen molar-refractivity contribution in [2.45, 2.75) is 6.54 Å². The van der Waals surface area contributed by atoms with Crippen LogP contribution in [0.25, 0.3) is 0 Å². The van der Waals surface area contributed by atoms with Crippen molar-refractivity contribution in [1.82, 2.24) is 10.2 Å². The van der Waals surface area contributed by atoms with E-state index >= 15 is 0 Å². The van der Waals surface area contributed by atoms with Crippen LogP contribution in [0.1, 0.15) is 15.9 Å². The normalized spacial score (nSPS) is 10.2. The molecule has 8 heteroatoms. The van der Waals surface area contributed by atoms with Gasteiger partial charge in [-0.05, 0) is 42.0 Å². The Morgan fingerprint density at radius 3 is 2.17 bits per heavy atom. The average molecular weight is 462 g/mol. The van der Waals surface area contributed by atoms with Crippen LogP contribution in [0, 0.1) is 0 Å². The first kappa shape index (κ1) is 22.4. The molecule has 0 aliphatic rings. The van der Waals surface area contributed by atoms with Crippen LogP contribution in [0.5, 0.6) is 0 Å². The Balaban J connectivity index is 1.73. The lowest BCUT2D eigenvalue weighted by Crippen LogP contribution is -2.34. The first-order chi connectivity index (χ1) is 13.8. The number of hydrogen-bond donors (Lipinski definition) is 1. The van der Waals surface area contributed by atoms with Gasteiger partial charge in [-0.2, -0.15) is 0 Å². The number of benzene rings is 2. The van der Waals surface area contributed by atoms with Crippen LogP contribution in [-0.4, -0.2) is 57.0 Å². The molecule has 29 heavy (non-hydrogen) atoms. The summed E-state index contributed by atoms with van der Waals surface area (Å²) in [7, 11) is 5.56. The first-order valence-electron chi connectivity index (χ1n) is 8.96. The van der Waals surface area contributed by atoms with E-state index in [-0.39, 0.29) is 25.0 Å². The van der Waals surface area contributed by atoms with E-state index in [1.165, 1.54) is 4.90 Å². The summed E-state index contributed by atoms with van der Waals surface area (Å²) >= 11 is 3.29. The highest BCUT2D eigenvalue weighted by atomic mass is 79.9. The molecule has 7 nitrogen and oxygen atoms in total. The SMILES string of the molecule is CN(Cc1ccc(N(C)C)cc1)C(=O)COC(=O)CNC(=O)c1ccc(Br)cc1. The van der Waals surface area contributed by atoms with E-state index in [2.05, 4.69) is 21.2 Å². The maximum atomic E-state index is 12.2. The lowest BCUT2D eigenvalue weighted by Gasteiger charge is -2.18. The minimum absolute atomic E-state index is 0.308. The number of amides is 2. The molecule has 0 atom stereocenters. The summed E-state index contributed by atoms with van der Waals surface area (Å²) in [6.45, 7) is -0.276. The van der Waals surface area contributed by atoms with Gasteiger partial charge in [0.15, 0.2) is 6.61 Å². The van der Waals surface area contributed by atoms with Gasteiger partial charge in [-0.3, -0.25) is 14.4 Å². The Morgan fingerprint density at radius 1 is 0.966 bits per heavy atom. The zero-order valence-electron chi connectivity index (χ0n) is 16.6. The van der Waals surface area contributed by atoms with Crippen molar-refractivity contribution in [2.24, 2.45) is 0 Å². The van der Waals surface area contributed by atoms with Gasteiger partial charge < -0.3 is 19.9 Å². The zero-order valence-corrected chi connectivity index (χ0v) is 18.2. The Morgan fingerprint density at radius 2 is 1.59 bits per heavy atom. The minimum Gasteiger partial charge on any atom is -0.454 e. The summed E-state index contributed by atoms with van der Waals surface area (Å²) in [5, 5.41) is 2.47. The molecule has 0 bridgehead atoms. The van der Waals surface area contributed by atoms with E-state index < -0.39 is 5.97 Å². The highest BCUT2D eigenvalue weighted by Crippen LogP contribution is 2.13. The number of nitrogens with zero attached hydrogens (tertiary/aromatic N) is 2. The Hall–Kier alpha value is -2.87.